The second-order valence-corrected chi connectivity index (χ2v) is 4.97. The minimum atomic E-state index is -0.663. The Balaban J connectivity index is 2.00. The molecule has 1 saturated heterocycles. The van der Waals surface area contributed by atoms with E-state index in [9.17, 15) is 13.6 Å². The molecule has 1 fully saturated rings. The van der Waals surface area contributed by atoms with Crippen molar-refractivity contribution in [2.45, 2.75) is 6.42 Å². The number of carbonyl (C=O) groups excluding carboxylic acids is 1. The lowest BCUT2D eigenvalue weighted by atomic mass is 10.1. The summed E-state index contributed by atoms with van der Waals surface area (Å²) < 4.78 is 26.8. The van der Waals surface area contributed by atoms with Crippen LogP contribution >= 0.6 is 0 Å². The van der Waals surface area contributed by atoms with Crippen molar-refractivity contribution in [3.63, 3.8) is 0 Å². The second-order valence-electron chi connectivity index (χ2n) is 4.97. The van der Waals surface area contributed by atoms with Crippen molar-refractivity contribution in [1.29, 1.82) is 0 Å². The molecule has 1 amide bonds. The van der Waals surface area contributed by atoms with Gasteiger partial charge in [-0.3, -0.25) is 4.79 Å². The van der Waals surface area contributed by atoms with E-state index in [4.69, 9.17) is 0 Å². The van der Waals surface area contributed by atoms with E-state index in [1.807, 2.05) is 7.05 Å². The number of carbonyl (C=O) groups is 1. The summed E-state index contributed by atoms with van der Waals surface area (Å²) >= 11 is 0. The van der Waals surface area contributed by atoms with Crippen molar-refractivity contribution in [1.82, 2.24) is 10.2 Å². The van der Waals surface area contributed by atoms with Crippen molar-refractivity contribution in [2.24, 2.45) is 5.92 Å². The number of amides is 1. The van der Waals surface area contributed by atoms with Gasteiger partial charge in [0.25, 0.3) is 0 Å². The van der Waals surface area contributed by atoms with Crippen LogP contribution in [0.1, 0.15) is 12.0 Å². The van der Waals surface area contributed by atoms with Gasteiger partial charge in [-0.1, -0.05) is 6.07 Å². The molecule has 1 aromatic carbocycles. The molecule has 0 aromatic heterocycles. The lowest BCUT2D eigenvalue weighted by Gasteiger charge is -2.14. The summed E-state index contributed by atoms with van der Waals surface area (Å²) in [6.45, 7) is 2.24. The predicted octanol–water partition coefficient (Wildman–Crippen LogP) is 2.05. The van der Waals surface area contributed by atoms with Crippen LogP contribution < -0.4 is 5.32 Å². The van der Waals surface area contributed by atoms with Crippen LogP contribution in [0, 0.1) is 17.6 Å². The first-order valence-corrected chi connectivity index (χ1v) is 6.67. The second kappa shape index (κ2) is 6.61. The molecular formula is C15H18F2N2O. The molecule has 1 aliphatic rings. The summed E-state index contributed by atoms with van der Waals surface area (Å²) in [5.41, 5.74) is -0.174. The molecule has 1 heterocycles. The Hall–Kier alpha value is -1.75. The third-order valence-electron chi connectivity index (χ3n) is 3.48. The summed E-state index contributed by atoms with van der Waals surface area (Å²) in [5, 5.41) is 3.09. The number of rotatable bonds is 4. The van der Waals surface area contributed by atoms with Gasteiger partial charge in [0.05, 0.1) is 0 Å². The van der Waals surface area contributed by atoms with Crippen LogP contribution in [0.4, 0.5) is 8.78 Å². The van der Waals surface area contributed by atoms with Crippen molar-refractivity contribution < 1.29 is 13.6 Å². The van der Waals surface area contributed by atoms with Gasteiger partial charge >= 0.3 is 0 Å². The molecule has 20 heavy (non-hydrogen) atoms. The van der Waals surface area contributed by atoms with E-state index >= 15 is 0 Å². The fourth-order valence-electron chi connectivity index (χ4n) is 2.42. The number of nitrogens with zero attached hydrogens (tertiary/aromatic N) is 1. The maximum Gasteiger partial charge on any atom is 0.246 e. The molecule has 1 unspecified atom stereocenters. The van der Waals surface area contributed by atoms with Gasteiger partial charge in [-0.2, -0.15) is 0 Å². The zero-order valence-electron chi connectivity index (χ0n) is 11.4. The third-order valence-corrected chi connectivity index (χ3v) is 3.48. The van der Waals surface area contributed by atoms with E-state index in [1.165, 1.54) is 30.4 Å². The molecule has 0 spiro atoms. The molecule has 0 bridgehead atoms. The molecular weight excluding hydrogens is 262 g/mol. The summed E-state index contributed by atoms with van der Waals surface area (Å²) in [4.78, 5) is 13.7. The summed E-state index contributed by atoms with van der Waals surface area (Å²) in [7, 11) is 1.88. The molecule has 0 saturated carbocycles. The van der Waals surface area contributed by atoms with Gasteiger partial charge in [0, 0.05) is 24.7 Å². The predicted molar refractivity (Wildman–Crippen MR) is 74.0 cm³/mol. The topological polar surface area (TPSA) is 32.3 Å². The highest BCUT2D eigenvalue weighted by atomic mass is 19.1. The van der Waals surface area contributed by atoms with Gasteiger partial charge in [-0.25, -0.2) is 8.78 Å². The molecule has 0 radical (unpaired) electrons. The van der Waals surface area contributed by atoms with E-state index in [2.05, 4.69) is 5.32 Å². The number of benzene rings is 1. The van der Waals surface area contributed by atoms with Crippen LogP contribution in [0.3, 0.4) is 0 Å². The molecule has 3 nitrogen and oxygen atoms in total. The van der Waals surface area contributed by atoms with E-state index in [0.29, 0.717) is 19.0 Å². The number of nitrogens with one attached hydrogen (secondary N) is 1. The number of hydrogen-bond acceptors (Lipinski definition) is 2. The van der Waals surface area contributed by atoms with E-state index in [0.717, 1.165) is 13.0 Å². The lowest BCUT2D eigenvalue weighted by molar-refractivity contribution is -0.125. The maximum atomic E-state index is 13.4. The van der Waals surface area contributed by atoms with Gasteiger partial charge in [-0.05, 0) is 44.1 Å². The van der Waals surface area contributed by atoms with Gasteiger partial charge in [0.15, 0.2) is 0 Å². The van der Waals surface area contributed by atoms with Crippen LogP contribution in [0.15, 0.2) is 24.3 Å². The largest absolute Gasteiger partial charge is 0.339 e. The Bertz CT molecular complexity index is 496. The lowest BCUT2D eigenvalue weighted by Crippen LogP contribution is -2.28. The summed E-state index contributed by atoms with van der Waals surface area (Å²) in [6, 6.07) is 3.64. The van der Waals surface area contributed by atoms with Crippen molar-refractivity contribution in [2.75, 3.05) is 26.7 Å². The van der Waals surface area contributed by atoms with Crippen LogP contribution in [-0.2, 0) is 4.79 Å². The first-order chi connectivity index (χ1) is 9.61. The third kappa shape index (κ3) is 3.42. The smallest absolute Gasteiger partial charge is 0.246 e. The number of hydrogen-bond donors (Lipinski definition) is 1. The molecule has 1 N–H and O–H groups in total. The van der Waals surface area contributed by atoms with Crippen molar-refractivity contribution >= 4 is 12.0 Å². The van der Waals surface area contributed by atoms with Crippen LogP contribution in [0.5, 0.6) is 0 Å². The fourth-order valence-corrected chi connectivity index (χ4v) is 2.42. The molecule has 0 aliphatic carbocycles. The van der Waals surface area contributed by atoms with Crippen LogP contribution in [-0.4, -0.2) is 37.5 Å². The summed E-state index contributed by atoms with van der Waals surface area (Å²) in [5.74, 6) is -1.08. The molecule has 108 valence electrons. The maximum absolute atomic E-state index is 13.4. The highest BCUT2D eigenvalue weighted by molar-refractivity contribution is 5.92. The molecule has 1 aliphatic heterocycles. The molecule has 1 aromatic rings. The SMILES string of the molecule is CNCC1CCN(C(=O)/C=C/c2c(F)cccc2F)C1. The Morgan fingerprint density at radius 1 is 1.45 bits per heavy atom. The van der Waals surface area contributed by atoms with Gasteiger partial charge in [-0.15, -0.1) is 0 Å². The minimum Gasteiger partial charge on any atom is -0.339 e. The summed E-state index contributed by atoms with van der Waals surface area (Å²) in [6.07, 6.45) is 3.40. The standard InChI is InChI=1S/C15H18F2N2O/c1-18-9-11-7-8-19(10-11)15(20)6-5-12-13(16)3-2-4-14(12)17/h2-6,11,18H,7-10H2,1H3/b6-5+. The van der Waals surface area contributed by atoms with E-state index in [-0.39, 0.29) is 11.5 Å². The quantitative estimate of drug-likeness (QED) is 0.856. The highest BCUT2D eigenvalue weighted by Gasteiger charge is 2.24. The van der Waals surface area contributed by atoms with Crippen molar-refractivity contribution in [3.05, 3.63) is 41.5 Å². The van der Waals surface area contributed by atoms with Gasteiger partial charge < -0.3 is 10.2 Å². The van der Waals surface area contributed by atoms with E-state index in [1.54, 1.807) is 4.90 Å². The van der Waals surface area contributed by atoms with E-state index < -0.39 is 11.6 Å². The Morgan fingerprint density at radius 2 is 2.15 bits per heavy atom. The Labute approximate surface area is 117 Å². The zero-order valence-corrected chi connectivity index (χ0v) is 11.4. The average Bonchev–Trinajstić information content (AvgIpc) is 2.87. The molecule has 1 atom stereocenters. The van der Waals surface area contributed by atoms with Crippen molar-refractivity contribution in [3.8, 4) is 0 Å². The van der Waals surface area contributed by atoms with Crippen LogP contribution in [0.2, 0.25) is 0 Å². The number of likely N-dealkylation sites (tertiary alicyclic amines) is 1. The first-order valence-electron chi connectivity index (χ1n) is 6.67. The van der Waals surface area contributed by atoms with Gasteiger partial charge in [0.2, 0.25) is 5.91 Å². The first kappa shape index (κ1) is 14.7. The fraction of sp³-hybridized carbons (Fsp3) is 0.400. The highest BCUT2D eigenvalue weighted by Crippen LogP contribution is 2.17. The number of halogens is 2. The minimum absolute atomic E-state index is 0.174. The zero-order chi connectivity index (χ0) is 14.5. The monoisotopic (exact) mass is 280 g/mol. The molecule has 2 rings (SSSR count). The molecule has 5 heteroatoms. The average molecular weight is 280 g/mol. The van der Waals surface area contributed by atoms with Crippen LogP contribution in [0.25, 0.3) is 6.08 Å². The van der Waals surface area contributed by atoms with Gasteiger partial charge in [0.1, 0.15) is 11.6 Å². The Kier molecular flexibility index (Phi) is 4.84. The Morgan fingerprint density at radius 3 is 2.80 bits per heavy atom. The normalized spacial score (nSPS) is 18.9.